The number of hydrogen-bond acceptors (Lipinski definition) is 5. The van der Waals surface area contributed by atoms with Crippen LogP contribution in [0.5, 0.6) is 0 Å². The second kappa shape index (κ2) is 8.05. The average Bonchev–Trinajstić information content (AvgIpc) is 2.60. The molecule has 0 saturated carbocycles. The molecule has 24 heavy (non-hydrogen) atoms. The lowest BCUT2D eigenvalue weighted by molar-refractivity contribution is -0.139. The van der Waals surface area contributed by atoms with Crippen LogP contribution in [0.4, 0.5) is 11.5 Å². The topological polar surface area (TPSA) is 104 Å². The van der Waals surface area contributed by atoms with Crippen LogP contribution in [-0.2, 0) is 4.79 Å². The summed E-state index contributed by atoms with van der Waals surface area (Å²) in [5.74, 6) is -1.07. The fraction of sp³-hybridized carbons (Fsp3) is 0.294. The van der Waals surface area contributed by atoms with E-state index in [0.29, 0.717) is 11.5 Å². The summed E-state index contributed by atoms with van der Waals surface area (Å²) >= 11 is 0. The summed E-state index contributed by atoms with van der Waals surface area (Å²) in [5.41, 5.74) is 0.814. The van der Waals surface area contributed by atoms with E-state index in [0.717, 1.165) is 6.42 Å². The highest BCUT2D eigenvalue weighted by molar-refractivity contribution is 6.02. The number of rotatable bonds is 7. The molecule has 0 saturated heterocycles. The molecule has 0 aliphatic heterocycles. The van der Waals surface area contributed by atoms with Crippen molar-refractivity contribution in [2.45, 2.75) is 26.3 Å². The number of carbonyl (C=O) groups excluding carboxylic acids is 1. The molecule has 0 spiro atoms. The minimum absolute atomic E-state index is 0.0645. The van der Waals surface area contributed by atoms with Crippen LogP contribution in [0.15, 0.2) is 42.5 Å². The van der Waals surface area contributed by atoms with Gasteiger partial charge in [0.25, 0.3) is 5.91 Å². The predicted octanol–water partition coefficient (Wildman–Crippen LogP) is 2.64. The number of anilines is 2. The van der Waals surface area contributed by atoms with Gasteiger partial charge in [0, 0.05) is 5.69 Å². The number of aliphatic carboxylic acids is 1. The van der Waals surface area contributed by atoms with Gasteiger partial charge in [-0.1, -0.05) is 38.5 Å². The molecular formula is C17H20N4O3. The Hall–Kier alpha value is -2.96. The molecule has 1 aromatic carbocycles. The fourth-order valence-electron chi connectivity index (χ4n) is 2.09. The second-order valence-corrected chi connectivity index (χ2v) is 5.47. The van der Waals surface area contributed by atoms with Crippen LogP contribution in [0.25, 0.3) is 0 Å². The van der Waals surface area contributed by atoms with Crippen LogP contribution in [0, 0.1) is 5.92 Å². The van der Waals surface area contributed by atoms with Gasteiger partial charge in [-0.05, 0) is 30.2 Å². The van der Waals surface area contributed by atoms with E-state index in [1.165, 1.54) is 6.07 Å². The molecule has 126 valence electrons. The zero-order valence-corrected chi connectivity index (χ0v) is 13.6. The van der Waals surface area contributed by atoms with Crippen molar-refractivity contribution in [2.75, 3.05) is 10.6 Å². The Morgan fingerprint density at radius 1 is 1.12 bits per heavy atom. The SMILES string of the molecule is CC[C@H](C)[C@H](Nc1ccc(C(=O)Nc2ccccc2)nn1)C(=O)O. The number of carbonyl (C=O) groups is 2. The molecule has 0 bridgehead atoms. The number of carboxylic acid groups (broad SMARTS) is 1. The van der Waals surface area contributed by atoms with Gasteiger partial charge in [-0.25, -0.2) is 4.79 Å². The monoisotopic (exact) mass is 328 g/mol. The molecule has 0 radical (unpaired) electrons. The molecule has 1 aromatic heterocycles. The van der Waals surface area contributed by atoms with Gasteiger partial charge in [-0.15, -0.1) is 10.2 Å². The van der Waals surface area contributed by atoms with Gasteiger partial charge in [0.2, 0.25) is 0 Å². The lowest BCUT2D eigenvalue weighted by atomic mass is 9.99. The largest absolute Gasteiger partial charge is 0.480 e. The van der Waals surface area contributed by atoms with Gasteiger partial charge in [0.15, 0.2) is 5.69 Å². The van der Waals surface area contributed by atoms with Gasteiger partial charge in [0.1, 0.15) is 11.9 Å². The first-order valence-corrected chi connectivity index (χ1v) is 7.70. The summed E-state index contributed by atoms with van der Waals surface area (Å²) in [6.45, 7) is 3.77. The van der Waals surface area contributed by atoms with Gasteiger partial charge < -0.3 is 15.7 Å². The van der Waals surface area contributed by atoms with Gasteiger partial charge in [0.05, 0.1) is 0 Å². The van der Waals surface area contributed by atoms with E-state index in [1.807, 2.05) is 32.0 Å². The van der Waals surface area contributed by atoms with E-state index >= 15 is 0 Å². The van der Waals surface area contributed by atoms with Crippen LogP contribution in [-0.4, -0.2) is 33.2 Å². The average molecular weight is 328 g/mol. The highest BCUT2D eigenvalue weighted by Crippen LogP contribution is 2.14. The highest BCUT2D eigenvalue weighted by atomic mass is 16.4. The van der Waals surface area contributed by atoms with E-state index in [-0.39, 0.29) is 17.5 Å². The summed E-state index contributed by atoms with van der Waals surface area (Å²) in [6.07, 6.45) is 0.717. The number of para-hydroxylation sites is 1. The van der Waals surface area contributed by atoms with Crippen molar-refractivity contribution < 1.29 is 14.7 Å². The normalized spacial score (nSPS) is 12.9. The van der Waals surface area contributed by atoms with Crippen LogP contribution >= 0.6 is 0 Å². The van der Waals surface area contributed by atoms with Gasteiger partial charge >= 0.3 is 5.97 Å². The minimum Gasteiger partial charge on any atom is -0.480 e. The maximum Gasteiger partial charge on any atom is 0.326 e. The minimum atomic E-state index is -0.947. The third kappa shape index (κ3) is 4.52. The maximum atomic E-state index is 12.1. The molecule has 2 rings (SSSR count). The standard InChI is InChI=1S/C17H20N4O3/c1-3-11(2)15(17(23)24)19-14-10-9-13(20-21-14)16(22)18-12-7-5-4-6-8-12/h4-11,15H,3H2,1-2H3,(H,18,22)(H,19,21)(H,23,24)/t11-,15-/m0/s1. The van der Waals surface area contributed by atoms with Crippen LogP contribution < -0.4 is 10.6 Å². The Labute approximate surface area is 140 Å². The molecule has 7 nitrogen and oxygen atoms in total. The van der Waals surface area contributed by atoms with Crippen molar-refractivity contribution in [1.29, 1.82) is 0 Å². The molecule has 1 amide bonds. The number of carboxylic acids is 1. The van der Waals surface area contributed by atoms with Crippen LogP contribution in [0.1, 0.15) is 30.8 Å². The van der Waals surface area contributed by atoms with Crippen molar-refractivity contribution in [1.82, 2.24) is 10.2 Å². The fourth-order valence-corrected chi connectivity index (χ4v) is 2.09. The smallest absolute Gasteiger partial charge is 0.326 e. The molecule has 2 aromatic rings. The van der Waals surface area contributed by atoms with Crippen LogP contribution in [0.2, 0.25) is 0 Å². The third-order valence-electron chi connectivity index (χ3n) is 3.71. The molecule has 3 N–H and O–H groups in total. The first kappa shape index (κ1) is 17.4. The molecule has 1 heterocycles. The quantitative estimate of drug-likeness (QED) is 0.722. The van der Waals surface area contributed by atoms with Gasteiger partial charge in [-0.3, -0.25) is 4.79 Å². The predicted molar refractivity (Wildman–Crippen MR) is 90.9 cm³/mol. The van der Waals surface area contributed by atoms with Crippen molar-refractivity contribution >= 4 is 23.4 Å². The second-order valence-electron chi connectivity index (χ2n) is 5.47. The molecular weight excluding hydrogens is 308 g/mol. The molecule has 0 aliphatic rings. The van der Waals surface area contributed by atoms with Gasteiger partial charge in [-0.2, -0.15) is 0 Å². The third-order valence-corrected chi connectivity index (χ3v) is 3.71. The molecule has 0 unspecified atom stereocenters. The first-order chi connectivity index (χ1) is 11.5. The Kier molecular flexibility index (Phi) is 5.83. The van der Waals surface area contributed by atoms with E-state index in [1.54, 1.807) is 18.2 Å². The maximum absolute atomic E-state index is 12.1. The zero-order valence-electron chi connectivity index (χ0n) is 13.6. The summed E-state index contributed by atoms with van der Waals surface area (Å²) in [6, 6.07) is 11.3. The molecule has 0 fully saturated rings. The van der Waals surface area contributed by atoms with Crippen molar-refractivity contribution in [3.8, 4) is 0 Å². The van der Waals surface area contributed by atoms with Crippen molar-refractivity contribution in [2.24, 2.45) is 5.92 Å². The number of nitrogens with zero attached hydrogens (tertiary/aromatic N) is 2. The Morgan fingerprint density at radius 3 is 2.38 bits per heavy atom. The number of benzene rings is 1. The summed E-state index contributed by atoms with van der Waals surface area (Å²) in [7, 11) is 0. The summed E-state index contributed by atoms with van der Waals surface area (Å²) in [4.78, 5) is 23.4. The zero-order chi connectivity index (χ0) is 17.5. The lowest BCUT2D eigenvalue weighted by Crippen LogP contribution is -2.35. The number of aromatic nitrogens is 2. The molecule has 0 aliphatic carbocycles. The first-order valence-electron chi connectivity index (χ1n) is 7.70. The highest BCUT2D eigenvalue weighted by Gasteiger charge is 2.23. The van der Waals surface area contributed by atoms with Crippen LogP contribution in [0.3, 0.4) is 0 Å². The Morgan fingerprint density at radius 2 is 1.83 bits per heavy atom. The molecule has 7 heteroatoms. The Balaban J connectivity index is 2.04. The van der Waals surface area contributed by atoms with E-state index in [2.05, 4.69) is 20.8 Å². The van der Waals surface area contributed by atoms with E-state index in [4.69, 9.17) is 0 Å². The summed E-state index contributed by atoms with van der Waals surface area (Å²) < 4.78 is 0. The Bertz CT molecular complexity index is 689. The lowest BCUT2D eigenvalue weighted by Gasteiger charge is -2.20. The van der Waals surface area contributed by atoms with E-state index < -0.39 is 12.0 Å². The van der Waals surface area contributed by atoms with Crippen molar-refractivity contribution in [3.63, 3.8) is 0 Å². The molecule has 2 atom stereocenters. The van der Waals surface area contributed by atoms with Crippen molar-refractivity contribution in [3.05, 3.63) is 48.2 Å². The number of hydrogen-bond donors (Lipinski definition) is 3. The number of amides is 1. The number of nitrogens with one attached hydrogen (secondary N) is 2. The summed E-state index contributed by atoms with van der Waals surface area (Å²) in [5, 5.41) is 22.6. The van der Waals surface area contributed by atoms with E-state index in [9.17, 15) is 14.7 Å².